The Morgan fingerprint density at radius 2 is 2.13 bits per heavy atom. The fourth-order valence-electron chi connectivity index (χ4n) is 3.67. The number of thiazole rings is 1. The maximum Gasteiger partial charge on any atom is 0.324 e. The van der Waals surface area contributed by atoms with E-state index in [1.807, 2.05) is 25.1 Å². The van der Waals surface area contributed by atoms with E-state index in [0.29, 0.717) is 10.9 Å². The highest BCUT2D eigenvalue weighted by molar-refractivity contribution is 7.20. The van der Waals surface area contributed by atoms with Crippen LogP contribution in [0.25, 0.3) is 15.3 Å². The van der Waals surface area contributed by atoms with Gasteiger partial charge in [-0.15, -0.1) is 0 Å². The number of nitrogens with zero attached hydrogens (tertiary/aromatic N) is 4. The lowest BCUT2D eigenvalue weighted by molar-refractivity contribution is -0.380. The van der Waals surface area contributed by atoms with Crippen LogP contribution < -0.4 is 10.1 Å². The smallest absolute Gasteiger partial charge is 0.324 e. The van der Waals surface area contributed by atoms with Crippen molar-refractivity contribution in [1.82, 2.24) is 14.8 Å². The second kappa shape index (κ2) is 6.89. The predicted octanol–water partition coefficient (Wildman–Crippen LogP) is 4.24. The summed E-state index contributed by atoms with van der Waals surface area (Å²) in [4.78, 5) is 28.6. The van der Waals surface area contributed by atoms with Crippen molar-refractivity contribution in [1.29, 1.82) is 0 Å². The van der Waals surface area contributed by atoms with Gasteiger partial charge >= 0.3 is 5.00 Å². The molecule has 1 amide bonds. The van der Waals surface area contributed by atoms with Crippen LogP contribution in [0.2, 0.25) is 0 Å². The number of rotatable bonds is 4. The standard InChI is InChI=1S/C19H15N5O4S2/c1-9-17-11(13-5-6-16(29-13)24(26)27)8-15(25)21-18(17)23(22-9)19-20-12-4-3-10(28-2)7-14(12)30-19/h3-7,11H,8H2,1-2H3,(H,21,25)/t11-/m1/s1. The molecule has 0 radical (unpaired) electrons. The van der Waals surface area contributed by atoms with Gasteiger partial charge < -0.3 is 10.1 Å². The lowest BCUT2D eigenvalue weighted by Crippen LogP contribution is -2.24. The van der Waals surface area contributed by atoms with Crippen molar-refractivity contribution in [3.05, 3.63) is 56.6 Å². The highest BCUT2D eigenvalue weighted by atomic mass is 32.1. The first-order chi connectivity index (χ1) is 14.4. The predicted molar refractivity (Wildman–Crippen MR) is 114 cm³/mol. The van der Waals surface area contributed by atoms with Gasteiger partial charge in [0.1, 0.15) is 11.6 Å². The maximum atomic E-state index is 12.5. The van der Waals surface area contributed by atoms with Gasteiger partial charge in [-0.3, -0.25) is 14.9 Å². The van der Waals surface area contributed by atoms with Gasteiger partial charge in [0.15, 0.2) is 0 Å². The van der Waals surface area contributed by atoms with E-state index in [0.717, 1.165) is 43.4 Å². The third kappa shape index (κ3) is 2.94. The molecule has 0 bridgehead atoms. The van der Waals surface area contributed by atoms with Crippen LogP contribution in [-0.4, -0.2) is 32.7 Å². The molecular weight excluding hydrogens is 426 g/mol. The molecule has 4 aromatic rings. The number of hydrogen-bond donors (Lipinski definition) is 1. The first-order valence-corrected chi connectivity index (χ1v) is 10.7. The van der Waals surface area contributed by atoms with E-state index in [4.69, 9.17) is 4.74 Å². The summed E-state index contributed by atoms with van der Waals surface area (Å²) in [6.45, 7) is 1.87. The Morgan fingerprint density at radius 1 is 1.30 bits per heavy atom. The van der Waals surface area contributed by atoms with E-state index in [1.54, 1.807) is 17.9 Å². The number of methoxy groups -OCH3 is 1. The fraction of sp³-hybridized carbons (Fsp3) is 0.211. The van der Waals surface area contributed by atoms with Crippen molar-refractivity contribution in [2.45, 2.75) is 19.3 Å². The number of carbonyl (C=O) groups is 1. The van der Waals surface area contributed by atoms with Gasteiger partial charge in [-0.1, -0.05) is 22.7 Å². The molecule has 0 spiro atoms. The monoisotopic (exact) mass is 441 g/mol. The summed E-state index contributed by atoms with van der Waals surface area (Å²) in [6.07, 6.45) is 0.217. The number of nitrogens with one attached hydrogen (secondary N) is 1. The summed E-state index contributed by atoms with van der Waals surface area (Å²) in [5.41, 5.74) is 2.43. The Morgan fingerprint density at radius 3 is 2.87 bits per heavy atom. The van der Waals surface area contributed by atoms with Crippen LogP contribution in [0.1, 0.15) is 28.5 Å². The van der Waals surface area contributed by atoms with Gasteiger partial charge in [-0.25, -0.2) is 4.98 Å². The minimum atomic E-state index is -0.413. The molecule has 9 nitrogen and oxygen atoms in total. The largest absolute Gasteiger partial charge is 0.497 e. The van der Waals surface area contributed by atoms with Crippen LogP contribution in [0, 0.1) is 17.0 Å². The highest BCUT2D eigenvalue weighted by Gasteiger charge is 2.34. The van der Waals surface area contributed by atoms with Crippen molar-refractivity contribution >= 4 is 49.6 Å². The first kappa shape index (κ1) is 18.7. The maximum absolute atomic E-state index is 12.5. The van der Waals surface area contributed by atoms with Crippen LogP contribution in [0.15, 0.2) is 30.3 Å². The number of hydrogen-bond acceptors (Lipinski definition) is 8. The normalized spacial score (nSPS) is 15.8. The van der Waals surface area contributed by atoms with Crippen molar-refractivity contribution in [2.24, 2.45) is 0 Å². The molecule has 0 unspecified atom stereocenters. The van der Waals surface area contributed by atoms with E-state index in [2.05, 4.69) is 15.4 Å². The molecule has 0 aliphatic carbocycles. The van der Waals surface area contributed by atoms with Crippen molar-refractivity contribution in [3.63, 3.8) is 0 Å². The second-order valence-corrected chi connectivity index (χ2v) is 8.93. The SMILES string of the molecule is COc1ccc2nc(-n3nc(C)c4c3NC(=O)C[C@@H]4c3ccc([N+](=O)[O-])s3)sc2c1. The fourth-order valence-corrected chi connectivity index (χ4v) is 5.55. The minimum absolute atomic E-state index is 0.0581. The average molecular weight is 441 g/mol. The number of nitro groups is 1. The van der Waals surface area contributed by atoms with Crippen molar-refractivity contribution in [3.8, 4) is 10.9 Å². The molecule has 5 rings (SSSR count). The van der Waals surface area contributed by atoms with Gasteiger partial charge in [-0.05, 0) is 31.2 Å². The summed E-state index contributed by atoms with van der Waals surface area (Å²) >= 11 is 2.54. The summed E-state index contributed by atoms with van der Waals surface area (Å²) in [5, 5.41) is 19.3. The number of anilines is 1. The number of thiophene rings is 1. The molecule has 30 heavy (non-hydrogen) atoms. The Bertz CT molecular complexity index is 1320. The highest BCUT2D eigenvalue weighted by Crippen LogP contribution is 2.44. The molecule has 1 aliphatic heterocycles. The van der Waals surface area contributed by atoms with Crippen LogP contribution in [-0.2, 0) is 4.79 Å². The molecule has 3 aromatic heterocycles. The number of carbonyl (C=O) groups excluding carboxylic acids is 1. The van der Waals surface area contributed by atoms with Crippen LogP contribution in [0.4, 0.5) is 10.8 Å². The third-order valence-corrected chi connectivity index (χ3v) is 7.15. The molecule has 1 aromatic carbocycles. The minimum Gasteiger partial charge on any atom is -0.497 e. The number of fused-ring (bicyclic) bond motifs is 2. The molecule has 0 saturated carbocycles. The average Bonchev–Trinajstić information content (AvgIpc) is 3.43. The molecule has 0 saturated heterocycles. The number of aryl methyl sites for hydroxylation is 1. The first-order valence-electron chi connectivity index (χ1n) is 9.03. The van der Waals surface area contributed by atoms with Gasteiger partial charge in [0.05, 0.1) is 27.9 Å². The van der Waals surface area contributed by atoms with E-state index >= 15 is 0 Å². The van der Waals surface area contributed by atoms with E-state index in [9.17, 15) is 14.9 Å². The molecule has 1 aliphatic rings. The molecular formula is C19H15N5O4S2. The zero-order valence-electron chi connectivity index (χ0n) is 15.9. The lowest BCUT2D eigenvalue weighted by atomic mass is 9.91. The quantitative estimate of drug-likeness (QED) is 0.374. The molecule has 11 heteroatoms. The van der Waals surface area contributed by atoms with E-state index in [1.165, 1.54) is 17.4 Å². The molecule has 1 atom stereocenters. The lowest BCUT2D eigenvalue weighted by Gasteiger charge is -2.22. The van der Waals surface area contributed by atoms with Gasteiger partial charge in [0.2, 0.25) is 11.0 Å². The summed E-state index contributed by atoms with van der Waals surface area (Å²) < 4.78 is 7.87. The van der Waals surface area contributed by atoms with Crippen LogP contribution >= 0.6 is 22.7 Å². The Hall–Kier alpha value is -3.31. The van der Waals surface area contributed by atoms with Gasteiger partial charge in [-0.2, -0.15) is 9.78 Å². The van der Waals surface area contributed by atoms with Gasteiger partial charge in [0.25, 0.3) is 0 Å². The van der Waals surface area contributed by atoms with Crippen molar-refractivity contribution in [2.75, 3.05) is 12.4 Å². The molecule has 0 fully saturated rings. The van der Waals surface area contributed by atoms with E-state index in [-0.39, 0.29) is 23.2 Å². The summed E-state index contributed by atoms with van der Waals surface area (Å²) in [7, 11) is 1.61. The molecule has 1 N–H and O–H groups in total. The number of benzene rings is 1. The second-order valence-electron chi connectivity index (χ2n) is 6.83. The summed E-state index contributed by atoms with van der Waals surface area (Å²) in [6, 6.07) is 8.83. The van der Waals surface area contributed by atoms with Crippen molar-refractivity contribution < 1.29 is 14.5 Å². The number of aromatic nitrogens is 3. The molecule has 4 heterocycles. The number of ether oxygens (including phenoxy) is 1. The van der Waals surface area contributed by atoms with E-state index < -0.39 is 4.92 Å². The molecule has 152 valence electrons. The number of amides is 1. The Kier molecular flexibility index (Phi) is 4.29. The topological polar surface area (TPSA) is 112 Å². The van der Waals surface area contributed by atoms with Crippen LogP contribution in [0.5, 0.6) is 5.75 Å². The van der Waals surface area contributed by atoms with Crippen LogP contribution in [0.3, 0.4) is 0 Å². The third-order valence-electron chi connectivity index (χ3n) is 5.00. The van der Waals surface area contributed by atoms with Gasteiger partial charge in [0, 0.05) is 28.8 Å². The zero-order valence-corrected chi connectivity index (χ0v) is 17.5. The Labute approximate surface area is 178 Å². The summed E-state index contributed by atoms with van der Waals surface area (Å²) in [5.74, 6) is 0.864. The Balaban J connectivity index is 1.63. The zero-order chi connectivity index (χ0) is 21.0.